The van der Waals surface area contributed by atoms with Gasteiger partial charge in [-0.2, -0.15) is 0 Å². The highest BCUT2D eigenvalue weighted by molar-refractivity contribution is 5.90. The molecule has 1 aliphatic heterocycles. The van der Waals surface area contributed by atoms with Gasteiger partial charge in [0.15, 0.2) is 0 Å². The summed E-state index contributed by atoms with van der Waals surface area (Å²) in [6.07, 6.45) is 6.02. The van der Waals surface area contributed by atoms with Crippen LogP contribution in [0.2, 0.25) is 0 Å². The lowest BCUT2D eigenvalue weighted by Crippen LogP contribution is -2.56. The second kappa shape index (κ2) is 15.0. The number of carbonyl (C=O) groups excluding carboxylic acids is 2. The second-order valence-electron chi connectivity index (χ2n) is 10.3. The largest absolute Gasteiger partial charge is 0.480 e. The number of allylic oxidation sites excluding steroid dienone is 1. The van der Waals surface area contributed by atoms with Crippen LogP contribution in [0.5, 0.6) is 0 Å². The van der Waals surface area contributed by atoms with Crippen LogP contribution in [-0.2, 0) is 19.1 Å². The number of carboxylic acids is 1. The Kier molecular flexibility index (Phi) is 12.1. The average molecular weight is 525 g/mol. The normalized spacial score (nSPS) is 17.6. The number of unbranched alkanes of at least 4 members (excludes halogenated alkanes) is 3. The van der Waals surface area contributed by atoms with Gasteiger partial charge in [0, 0.05) is 18.5 Å². The number of nitrogens with one attached hydrogen (secondary N) is 1. The van der Waals surface area contributed by atoms with Gasteiger partial charge in [-0.05, 0) is 42.7 Å². The standard InChI is InChI=1S/C30H40N2O6/c1-6-8-9-10-13-18-38-29(36)31-26(30(3,4)5)27(33)32-21-24(20-25(32)28(34)35)37-19-14-17-23-16-12-11-15-22(23)7-2/h6-7,11-12,15-16,24-26H,1-2,8-10,13,18-21H2,3-5H3,(H,31,36)(H,34,35)/t24-,25+,26-/m1/s1. The van der Waals surface area contributed by atoms with Gasteiger partial charge in [0.25, 0.3) is 0 Å². The molecule has 2 rings (SSSR count). The highest BCUT2D eigenvalue weighted by atomic mass is 16.5. The predicted octanol–water partition coefficient (Wildman–Crippen LogP) is 4.64. The Balaban J connectivity index is 2.00. The van der Waals surface area contributed by atoms with E-state index in [1.54, 1.807) is 6.08 Å². The number of carbonyl (C=O) groups is 3. The van der Waals surface area contributed by atoms with E-state index >= 15 is 0 Å². The summed E-state index contributed by atoms with van der Waals surface area (Å²) in [4.78, 5) is 39.2. The molecule has 0 saturated carbocycles. The maximum Gasteiger partial charge on any atom is 0.407 e. The molecule has 1 saturated heterocycles. The van der Waals surface area contributed by atoms with E-state index in [2.05, 4.69) is 30.3 Å². The van der Waals surface area contributed by atoms with E-state index in [9.17, 15) is 19.5 Å². The Labute approximate surface area is 226 Å². The summed E-state index contributed by atoms with van der Waals surface area (Å²) >= 11 is 0. The third-order valence-corrected chi connectivity index (χ3v) is 6.29. The number of nitrogens with zero attached hydrogens (tertiary/aromatic N) is 1. The Morgan fingerprint density at radius 3 is 2.61 bits per heavy atom. The molecule has 0 bridgehead atoms. The molecule has 206 valence electrons. The van der Waals surface area contributed by atoms with Gasteiger partial charge in [-0.15, -0.1) is 6.58 Å². The van der Waals surface area contributed by atoms with Crippen LogP contribution < -0.4 is 5.32 Å². The molecule has 3 atom stereocenters. The summed E-state index contributed by atoms with van der Waals surface area (Å²) in [5.74, 6) is 4.39. The fourth-order valence-electron chi connectivity index (χ4n) is 4.18. The number of hydrogen-bond acceptors (Lipinski definition) is 5. The first-order valence-corrected chi connectivity index (χ1v) is 13.0. The Hall–Kier alpha value is -3.57. The SMILES string of the molecule is C=CCCCCCOC(=O)N[C@H](C(=O)N1C[C@H](OCC#Cc2ccccc2C=C)C[C@H]1C(=O)O)C(C)(C)C. The maximum atomic E-state index is 13.5. The van der Waals surface area contributed by atoms with E-state index in [0.29, 0.717) is 6.42 Å². The van der Waals surface area contributed by atoms with Crippen molar-refractivity contribution in [3.05, 3.63) is 54.6 Å². The molecule has 0 aliphatic carbocycles. The minimum absolute atomic E-state index is 0.0879. The molecule has 1 aliphatic rings. The molecule has 1 fully saturated rings. The van der Waals surface area contributed by atoms with Gasteiger partial charge in [-0.25, -0.2) is 9.59 Å². The summed E-state index contributed by atoms with van der Waals surface area (Å²) in [5.41, 5.74) is 1.06. The van der Waals surface area contributed by atoms with E-state index in [0.717, 1.165) is 30.4 Å². The van der Waals surface area contributed by atoms with Crippen molar-refractivity contribution in [3.63, 3.8) is 0 Å². The molecular weight excluding hydrogens is 484 g/mol. The van der Waals surface area contributed by atoms with Crippen LogP contribution in [0.15, 0.2) is 43.5 Å². The van der Waals surface area contributed by atoms with Gasteiger partial charge < -0.3 is 24.8 Å². The summed E-state index contributed by atoms with van der Waals surface area (Å²) < 4.78 is 11.1. The first-order chi connectivity index (χ1) is 18.1. The van der Waals surface area contributed by atoms with Crippen molar-refractivity contribution in [2.75, 3.05) is 19.8 Å². The van der Waals surface area contributed by atoms with Crippen molar-refractivity contribution in [2.24, 2.45) is 5.41 Å². The molecule has 38 heavy (non-hydrogen) atoms. The van der Waals surface area contributed by atoms with Gasteiger partial charge in [0.05, 0.1) is 12.7 Å². The van der Waals surface area contributed by atoms with Crippen molar-refractivity contribution in [2.45, 2.75) is 71.1 Å². The smallest absolute Gasteiger partial charge is 0.407 e. The van der Waals surface area contributed by atoms with Gasteiger partial charge in [-0.3, -0.25) is 4.79 Å². The average Bonchev–Trinajstić information content (AvgIpc) is 3.31. The number of benzene rings is 1. The lowest BCUT2D eigenvalue weighted by molar-refractivity contribution is -0.150. The number of likely N-dealkylation sites (tertiary alicyclic amines) is 1. The first kappa shape index (κ1) is 30.7. The van der Waals surface area contributed by atoms with Crippen molar-refractivity contribution >= 4 is 24.0 Å². The van der Waals surface area contributed by atoms with E-state index in [-0.39, 0.29) is 26.2 Å². The highest BCUT2D eigenvalue weighted by Crippen LogP contribution is 2.27. The molecule has 8 heteroatoms. The third-order valence-electron chi connectivity index (χ3n) is 6.29. The van der Waals surface area contributed by atoms with Crippen molar-refractivity contribution in [3.8, 4) is 11.8 Å². The molecule has 0 unspecified atom stereocenters. The Morgan fingerprint density at radius 2 is 1.95 bits per heavy atom. The Bertz CT molecular complexity index is 1050. The number of alkyl carbamates (subject to hydrolysis) is 1. The molecular formula is C30H40N2O6. The summed E-state index contributed by atoms with van der Waals surface area (Å²) in [6.45, 7) is 13.3. The zero-order valence-electron chi connectivity index (χ0n) is 22.7. The summed E-state index contributed by atoms with van der Waals surface area (Å²) in [6, 6.07) is 5.56. The van der Waals surface area contributed by atoms with Crippen LogP contribution in [0.25, 0.3) is 6.08 Å². The Morgan fingerprint density at radius 1 is 1.21 bits per heavy atom. The number of amides is 2. The predicted molar refractivity (Wildman–Crippen MR) is 147 cm³/mol. The molecule has 0 aromatic heterocycles. The molecule has 0 spiro atoms. The lowest BCUT2D eigenvalue weighted by Gasteiger charge is -2.34. The van der Waals surface area contributed by atoms with Crippen molar-refractivity contribution in [1.82, 2.24) is 10.2 Å². The zero-order chi connectivity index (χ0) is 28.1. The molecule has 1 aromatic rings. The zero-order valence-corrected chi connectivity index (χ0v) is 22.7. The van der Waals surface area contributed by atoms with E-state index in [1.807, 2.05) is 51.1 Å². The fraction of sp³-hybridized carbons (Fsp3) is 0.500. The topological polar surface area (TPSA) is 105 Å². The van der Waals surface area contributed by atoms with Gasteiger partial charge >= 0.3 is 12.1 Å². The summed E-state index contributed by atoms with van der Waals surface area (Å²) in [5, 5.41) is 12.5. The van der Waals surface area contributed by atoms with Crippen LogP contribution in [0, 0.1) is 17.3 Å². The molecule has 0 radical (unpaired) electrons. The van der Waals surface area contributed by atoms with Gasteiger partial charge in [-0.1, -0.05) is 69.5 Å². The third kappa shape index (κ3) is 9.38. The number of ether oxygens (including phenoxy) is 2. The van der Waals surface area contributed by atoms with E-state index < -0.39 is 41.6 Å². The molecule has 1 aromatic carbocycles. The number of carboxylic acid groups (broad SMARTS) is 1. The van der Waals surface area contributed by atoms with Gasteiger partial charge in [0.2, 0.25) is 5.91 Å². The minimum Gasteiger partial charge on any atom is -0.480 e. The van der Waals surface area contributed by atoms with E-state index in [1.165, 1.54) is 4.90 Å². The first-order valence-electron chi connectivity index (χ1n) is 13.0. The fourth-order valence-corrected chi connectivity index (χ4v) is 4.18. The van der Waals surface area contributed by atoms with E-state index in [4.69, 9.17) is 9.47 Å². The summed E-state index contributed by atoms with van der Waals surface area (Å²) in [7, 11) is 0. The molecule has 8 nitrogen and oxygen atoms in total. The number of rotatable bonds is 12. The number of hydrogen-bond donors (Lipinski definition) is 2. The maximum absolute atomic E-state index is 13.5. The van der Waals surface area contributed by atoms with Crippen LogP contribution in [0.4, 0.5) is 4.79 Å². The monoisotopic (exact) mass is 524 g/mol. The highest BCUT2D eigenvalue weighted by Gasteiger charge is 2.45. The molecule has 1 heterocycles. The number of aliphatic carboxylic acids is 1. The van der Waals surface area contributed by atoms with Crippen LogP contribution in [0.1, 0.15) is 64.0 Å². The van der Waals surface area contributed by atoms with Crippen LogP contribution >= 0.6 is 0 Å². The van der Waals surface area contributed by atoms with Crippen LogP contribution in [-0.4, -0.2) is 65.9 Å². The van der Waals surface area contributed by atoms with Crippen molar-refractivity contribution in [1.29, 1.82) is 0 Å². The van der Waals surface area contributed by atoms with Crippen molar-refractivity contribution < 1.29 is 29.0 Å². The van der Waals surface area contributed by atoms with Gasteiger partial charge in [0.1, 0.15) is 18.7 Å². The van der Waals surface area contributed by atoms with Crippen LogP contribution in [0.3, 0.4) is 0 Å². The lowest BCUT2D eigenvalue weighted by atomic mass is 9.85. The second-order valence-corrected chi connectivity index (χ2v) is 10.3. The quantitative estimate of drug-likeness (QED) is 0.235. The minimum atomic E-state index is -1.12. The molecule has 2 amide bonds. The molecule has 2 N–H and O–H groups in total.